The Balaban J connectivity index is 2.18. The topological polar surface area (TPSA) is 61.1 Å². The molecule has 0 spiro atoms. The number of thiazole rings is 1. The summed E-state index contributed by atoms with van der Waals surface area (Å²) in [7, 11) is 0. The van der Waals surface area contributed by atoms with E-state index >= 15 is 0 Å². The van der Waals surface area contributed by atoms with E-state index in [1.54, 1.807) is 22.2 Å². The van der Waals surface area contributed by atoms with Crippen molar-refractivity contribution in [2.24, 2.45) is 5.73 Å². The van der Waals surface area contributed by atoms with Crippen molar-refractivity contribution in [3.63, 3.8) is 0 Å². The van der Waals surface area contributed by atoms with E-state index in [-0.39, 0.29) is 6.04 Å². The van der Waals surface area contributed by atoms with E-state index in [2.05, 4.69) is 14.5 Å². The van der Waals surface area contributed by atoms with Gasteiger partial charge < -0.3 is 5.73 Å². The zero-order valence-corrected chi connectivity index (χ0v) is 12.2. The van der Waals surface area contributed by atoms with Gasteiger partial charge in [-0.05, 0) is 13.8 Å². The molecule has 0 aliphatic heterocycles. The van der Waals surface area contributed by atoms with E-state index in [1.165, 1.54) is 0 Å². The second-order valence-electron chi connectivity index (χ2n) is 4.63. The second-order valence-corrected chi connectivity index (χ2v) is 5.91. The lowest BCUT2D eigenvalue weighted by Gasteiger charge is -2.06. The standard InChI is InChI=1S/C12H14ClN5S/c1-7(14)5-10-11(15-12-17(10)3-4-19-12)18-6-9(13)8(2)16-18/h3-4,6-7H,5,14H2,1-2H3. The van der Waals surface area contributed by atoms with Crippen LogP contribution in [0.25, 0.3) is 10.8 Å². The summed E-state index contributed by atoms with van der Waals surface area (Å²) in [5.74, 6) is 0.805. The molecular weight excluding hydrogens is 282 g/mol. The lowest BCUT2D eigenvalue weighted by Crippen LogP contribution is -2.20. The molecular formula is C12H14ClN5S. The van der Waals surface area contributed by atoms with Gasteiger partial charge in [0.05, 0.1) is 22.6 Å². The normalized spacial score (nSPS) is 13.3. The molecule has 0 amide bonds. The van der Waals surface area contributed by atoms with Gasteiger partial charge in [-0.15, -0.1) is 11.3 Å². The van der Waals surface area contributed by atoms with Crippen LogP contribution in [0.3, 0.4) is 0 Å². The molecule has 3 aromatic heterocycles. The molecule has 0 saturated heterocycles. The smallest absolute Gasteiger partial charge is 0.195 e. The average molecular weight is 296 g/mol. The Morgan fingerprint density at radius 3 is 2.95 bits per heavy atom. The Morgan fingerprint density at radius 2 is 2.32 bits per heavy atom. The summed E-state index contributed by atoms with van der Waals surface area (Å²) < 4.78 is 3.80. The third kappa shape index (κ3) is 2.16. The van der Waals surface area contributed by atoms with Gasteiger partial charge in [-0.3, -0.25) is 4.40 Å². The summed E-state index contributed by atoms with van der Waals surface area (Å²) in [5, 5.41) is 7.05. The van der Waals surface area contributed by atoms with Crippen LogP contribution in [-0.4, -0.2) is 25.2 Å². The molecule has 3 aromatic rings. The van der Waals surface area contributed by atoms with Gasteiger partial charge in [-0.2, -0.15) is 10.1 Å². The minimum Gasteiger partial charge on any atom is -0.328 e. The number of hydrogen-bond acceptors (Lipinski definition) is 4. The summed E-state index contributed by atoms with van der Waals surface area (Å²) in [6, 6.07) is 0.0608. The quantitative estimate of drug-likeness (QED) is 0.807. The second kappa shape index (κ2) is 4.63. The number of fused-ring (bicyclic) bond motifs is 1. The fourth-order valence-corrected chi connectivity index (χ4v) is 2.91. The van der Waals surface area contributed by atoms with Crippen LogP contribution in [0.1, 0.15) is 18.3 Å². The summed E-state index contributed by atoms with van der Waals surface area (Å²) in [4.78, 5) is 5.56. The Kier molecular flexibility index (Phi) is 3.08. The molecule has 19 heavy (non-hydrogen) atoms. The SMILES string of the molecule is Cc1nn(-c2nc3sccn3c2CC(C)N)cc1Cl. The van der Waals surface area contributed by atoms with Crippen molar-refractivity contribution in [1.82, 2.24) is 19.2 Å². The maximum absolute atomic E-state index is 6.07. The zero-order valence-electron chi connectivity index (χ0n) is 10.7. The molecule has 0 aliphatic carbocycles. The van der Waals surface area contributed by atoms with Crippen LogP contribution >= 0.6 is 22.9 Å². The Bertz CT molecular complexity index is 704. The molecule has 3 rings (SSSR count). The van der Waals surface area contributed by atoms with Gasteiger partial charge in [0, 0.05) is 24.0 Å². The first-order valence-electron chi connectivity index (χ1n) is 5.98. The van der Waals surface area contributed by atoms with Crippen LogP contribution < -0.4 is 5.73 Å². The zero-order chi connectivity index (χ0) is 13.6. The lowest BCUT2D eigenvalue weighted by molar-refractivity contribution is 0.704. The van der Waals surface area contributed by atoms with Crippen LogP contribution in [0, 0.1) is 6.92 Å². The van der Waals surface area contributed by atoms with Crippen LogP contribution in [0.4, 0.5) is 0 Å². The van der Waals surface area contributed by atoms with Crippen molar-refractivity contribution in [2.45, 2.75) is 26.3 Å². The van der Waals surface area contributed by atoms with E-state index < -0.39 is 0 Å². The fraction of sp³-hybridized carbons (Fsp3) is 0.333. The molecule has 0 radical (unpaired) electrons. The van der Waals surface area contributed by atoms with Crippen molar-refractivity contribution >= 4 is 27.9 Å². The first-order chi connectivity index (χ1) is 9.06. The van der Waals surface area contributed by atoms with Gasteiger partial charge in [0.1, 0.15) is 0 Å². The third-order valence-electron chi connectivity index (χ3n) is 2.91. The first kappa shape index (κ1) is 12.7. The maximum atomic E-state index is 6.07. The van der Waals surface area contributed by atoms with Crippen molar-refractivity contribution in [3.8, 4) is 5.82 Å². The number of aryl methyl sites for hydroxylation is 1. The number of hydrogen-bond donors (Lipinski definition) is 1. The highest BCUT2D eigenvalue weighted by Gasteiger charge is 2.17. The maximum Gasteiger partial charge on any atom is 0.195 e. The van der Waals surface area contributed by atoms with E-state index in [0.717, 1.165) is 28.6 Å². The highest BCUT2D eigenvalue weighted by Crippen LogP contribution is 2.23. The van der Waals surface area contributed by atoms with Crippen LogP contribution in [0.2, 0.25) is 5.02 Å². The van der Waals surface area contributed by atoms with E-state index in [1.807, 2.05) is 25.4 Å². The fourth-order valence-electron chi connectivity index (χ4n) is 2.05. The number of rotatable bonds is 3. The molecule has 0 saturated carbocycles. The summed E-state index contributed by atoms with van der Waals surface area (Å²) >= 11 is 7.66. The van der Waals surface area contributed by atoms with Crippen LogP contribution in [0.15, 0.2) is 17.8 Å². The molecule has 2 N–H and O–H groups in total. The monoisotopic (exact) mass is 295 g/mol. The van der Waals surface area contributed by atoms with Crippen molar-refractivity contribution < 1.29 is 0 Å². The minimum atomic E-state index is 0.0608. The van der Waals surface area contributed by atoms with Crippen molar-refractivity contribution in [3.05, 3.63) is 34.2 Å². The average Bonchev–Trinajstić information content (AvgIpc) is 2.97. The van der Waals surface area contributed by atoms with Gasteiger partial charge in [0.25, 0.3) is 0 Å². The van der Waals surface area contributed by atoms with E-state index in [9.17, 15) is 0 Å². The summed E-state index contributed by atoms with van der Waals surface area (Å²) in [5.41, 5.74) is 7.79. The predicted octanol–water partition coefficient (Wildman–Crippen LogP) is 2.43. The van der Waals surface area contributed by atoms with Crippen LogP contribution in [0.5, 0.6) is 0 Å². The number of aromatic nitrogens is 4. The molecule has 0 aliphatic rings. The van der Waals surface area contributed by atoms with E-state index in [0.29, 0.717) is 5.02 Å². The molecule has 3 heterocycles. The molecule has 1 unspecified atom stereocenters. The lowest BCUT2D eigenvalue weighted by atomic mass is 10.2. The predicted molar refractivity (Wildman–Crippen MR) is 77.3 cm³/mol. The number of nitrogens with zero attached hydrogens (tertiary/aromatic N) is 4. The molecule has 1 atom stereocenters. The number of imidazole rings is 1. The third-order valence-corrected chi connectivity index (χ3v) is 4.04. The minimum absolute atomic E-state index is 0.0608. The van der Waals surface area contributed by atoms with E-state index in [4.69, 9.17) is 17.3 Å². The largest absolute Gasteiger partial charge is 0.328 e. The molecule has 7 heteroatoms. The highest BCUT2D eigenvalue weighted by molar-refractivity contribution is 7.15. The molecule has 0 aromatic carbocycles. The Labute approximate surface area is 119 Å². The molecule has 0 bridgehead atoms. The van der Waals surface area contributed by atoms with Gasteiger partial charge in [0.2, 0.25) is 0 Å². The Morgan fingerprint density at radius 1 is 1.53 bits per heavy atom. The van der Waals surface area contributed by atoms with Gasteiger partial charge >= 0.3 is 0 Å². The molecule has 0 fully saturated rings. The molecule has 5 nitrogen and oxygen atoms in total. The van der Waals surface area contributed by atoms with Crippen molar-refractivity contribution in [2.75, 3.05) is 0 Å². The number of nitrogens with two attached hydrogens (primary N) is 1. The summed E-state index contributed by atoms with van der Waals surface area (Å²) in [6.07, 6.45) is 4.53. The molecule has 100 valence electrons. The number of halogens is 1. The van der Waals surface area contributed by atoms with Gasteiger partial charge in [0.15, 0.2) is 10.8 Å². The van der Waals surface area contributed by atoms with Crippen LogP contribution in [-0.2, 0) is 6.42 Å². The highest BCUT2D eigenvalue weighted by atomic mass is 35.5. The van der Waals surface area contributed by atoms with Crippen molar-refractivity contribution in [1.29, 1.82) is 0 Å². The Hall–Kier alpha value is -1.37. The van der Waals surface area contributed by atoms with Gasteiger partial charge in [-0.1, -0.05) is 11.6 Å². The first-order valence-corrected chi connectivity index (χ1v) is 7.24. The van der Waals surface area contributed by atoms with Gasteiger partial charge in [-0.25, -0.2) is 4.68 Å². The summed E-state index contributed by atoms with van der Waals surface area (Å²) in [6.45, 7) is 3.86.